The van der Waals surface area contributed by atoms with Crippen LogP contribution in [0.4, 0.5) is 0 Å². The van der Waals surface area contributed by atoms with Crippen molar-refractivity contribution in [2.75, 3.05) is 31.9 Å². The zero-order valence-electron chi connectivity index (χ0n) is 16.1. The molecular formula is C19H31N3O2S. The van der Waals surface area contributed by atoms with Crippen molar-refractivity contribution < 1.29 is 8.42 Å². The standard InChI is InChI=1S/C19H31N3O2S/c1-6-20-18(22-11-12-25(23,24)19(4,5)14-22)21-10-9-17-8-7-15(2)13-16(17)3/h7-8,13H,6,9-12,14H2,1-5H3,(H,20,21). The highest BCUT2D eigenvalue weighted by atomic mass is 32.2. The van der Waals surface area contributed by atoms with Gasteiger partial charge in [0.25, 0.3) is 0 Å². The van der Waals surface area contributed by atoms with Crippen LogP contribution in [0.1, 0.15) is 37.5 Å². The third kappa shape index (κ3) is 4.75. The Labute approximate surface area is 152 Å². The summed E-state index contributed by atoms with van der Waals surface area (Å²) in [6.07, 6.45) is 0.885. The Morgan fingerprint density at radius 3 is 2.64 bits per heavy atom. The molecule has 1 fully saturated rings. The van der Waals surface area contributed by atoms with E-state index in [9.17, 15) is 8.42 Å². The number of benzene rings is 1. The van der Waals surface area contributed by atoms with E-state index in [2.05, 4.69) is 42.3 Å². The number of nitrogens with one attached hydrogen (secondary N) is 1. The zero-order chi connectivity index (χ0) is 18.7. The summed E-state index contributed by atoms with van der Waals surface area (Å²) in [5.41, 5.74) is 3.88. The number of hydrogen-bond donors (Lipinski definition) is 1. The molecule has 5 nitrogen and oxygen atoms in total. The fourth-order valence-corrected chi connectivity index (χ4v) is 4.52. The Bertz CT molecular complexity index is 739. The van der Waals surface area contributed by atoms with E-state index in [-0.39, 0.29) is 5.75 Å². The highest BCUT2D eigenvalue weighted by Crippen LogP contribution is 2.23. The van der Waals surface area contributed by atoms with Gasteiger partial charge in [-0.15, -0.1) is 0 Å². The van der Waals surface area contributed by atoms with Gasteiger partial charge >= 0.3 is 0 Å². The van der Waals surface area contributed by atoms with Gasteiger partial charge in [0, 0.05) is 26.2 Å². The lowest BCUT2D eigenvalue weighted by atomic mass is 10.0. The maximum Gasteiger partial charge on any atom is 0.194 e. The molecule has 1 N–H and O–H groups in total. The summed E-state index contributed by atoms with van der Waals surface area (Å²) < 4.78 is 23.7. The molecule has 1 aliphatic heterocycles. The molecule has 0 bridgehead atoms. The second-order valence-corrected chi connectivity index (χ2v) is 10.2. The average molecular weight is 366 g/mol. The Hall–Kier alpha value is -1.56. The van der Waals surface area contributed by atoms with Gasteiger partial charge in [0.15, 0.2) is 15.8 Å². The molecule has 1 aromatic carbocycles. The number of nitrogens with zero attached hydrogens (tertiary/aromatic N) is 2. The number of aliphatic imine (C=N–C) groups is 1. The highest BCUT2D eigenvalue weighted by Gasteiger charge is 2.40. The van der Waals surface area contributed by atoms with Crippen LogP contribution in [0.3, 0.4) is 0 Å². The molecular weight excluding hydrogens is 334 g/mol. The maximum absolute atomic E-state index is 12.2. The van der Waals surface area contributed by atoms with E-state index in [0.717, 1.165) is 18.9 Å². The number of rotatable bonds is 4. The molecule has 1 saturated heterocycles. The van der Waals surface area contributed by atoms with Gasteiger partial charge in [-0.2, -0.15) is 0 Å². The SMILES string of the molecule is CCNC(=NCCc1ccc(C)cc1C)N1CCS(=O)(=O)C(C)(C)C1. The quantitative estimate of drug-likeness (QED) is 0.657. The molecule has 1 heterocycles. The number of aryl methyl sites for hydroxylation is 2. The van der Waals surface area contributed by atoms with Crippen molar-refractivity contribution in [3.8, 4) is 0 Å². The van der Waals surface area contributed by atoms with Crippen LogP contribution in [0.25, 0.3) is 0 Å². The summed E-state index contributed by atoms with van der Waals surface area (Å²) in [5.74, 6) is 0.997. The van der Waals surface area contributed by atoms with Crippen molar-refractivity contribution in [2.45, 2.75) is 45.8 Å². The lowest BCUT2D eigenvalue weighted by Gasteiger charge is -2.39. The predicted molar refractivity (Wildman–Crippen MR) is 105 cm³/mol. The summed E-state index contributed by atoms with van der Waals surface area (Å²) >= 11 is 0. The van der Waals surface area contributed by atoms with Crippen LogP contribution in [0, 0.1) is 13.8 Å². The van der Waals surface area contributed by atoms with E-state index >= 15 is 0 Å². The molecule has 0 amide bonds. The predicted octanol–water partition coefficient (Wildman–Crippen LogP) is 2.32. The van der Waals surface area contributed by atoms with Crippen LogP contribution in [-0.2, 0) is 16.3 Å². The van der Waals surface area contributed by atoms with Gasteiger partial charge in [-0.3, -0.25) is 4.99 Å². The second-order valence-electron chi connectivity index (χ2n) is 7.42. The van der Waals surface area contributed by atoms with Crippen LogP contribution in [0.5, 0.6) is 0 Å². The molecule has 0 unspecified atom stereocenters. The monoisotopic (exact) mass is 365 g/mol. The van der Waals surface area contributed by atoms with Gasteiger partial charge in [0.1, 0.15) is 0 Å². The van der Waals surface area contributed by atoms with Crippen molar-refractivity contribution in [3.63, 3.8) is 0 Å². The minimum absolute atomic E-state index is 0.182. The van der Waals surface area contributed by atoms with E-state index in [1.54, 1.807) is 13.8 Å². The van der Waals surface area contributed by atoms with Gasteiger partial charge in [0.2, 0.25) is 0 Å². The van der Waals surface area contributed by atoms with Crippen LogP contribution < -0.4 is 5.32 Å². The van der Waals surface area contributed by atoms with Crippen molar-refractivity contribution in [1.82, 2.24) is 10.2 Å². The molecule has 25 heavy (non-hydrogen) atoms. The fourth-order valence-electron chi connectivity index (χ4n) is 3.16. The number of sulfone groups is 1. The van der Waals surface area contributed by atoms with Crippen LogP contribution in [0.2, 0.25) is 0 Å². The maximum atomic E-state index is 12.2. The van der Waals surface area contributed by atoms with Gasteiger partial charge < -0.3 is 10.2 Å². The molecule has 0 atom stereocenters. The molecule has 1 aromatic rings. The van der Waals surface area contributed by atoms with E-state index < -0.39 is 14.6 Å². The summed E-state index contributed by atoms with van der Waals surface area (Å²) in [6.45, 7) is 12.3. The first-order valence-corrected chi connectivity index (χ1v) is 10.6. The third-order valence-corrected chi connectivity index (χ3v) is 7.35. The van der Waals surface area contributed by atoms with Gasteiger partial charge in [-0.05, 0) is 52.2 Å². The second kappa shape index (κ2) is 7.77. The molecule has 0 radical (unpaired) electrons. The fraction of sp³-hybridized carbons (Fsp3) is 0.632. The molecule has 0 spiro atoms. The summed E-state index contributed by atoms with van der Waals surface area (Å²) in [4.78, 5) is 6.82. The summed E-state index contributed by atoms with van der Waals surface area (Å²) in [6, 6.07) is 6.50. The van der Waals surface area contributed by atoms with Crippen molar-refractivity contribution in [3.05, 3.63) is 34.9 Å². The largest absolute Gasteiger partial charge is 0.357 e. The Kier molecular flexibility index (Phi) is 6.14. The smallest absolute Gasteiger partial charge is 0.194 e. The van der Waals surface area contributed by atoms with E-state index in [1.165, 1.54) is 16.7 Å². The third-order valence-electron chi connectivity index (χ3n) is 4.82. The first-order valence-electron chi connectivity index (χ1n) is 8.98. The number of hydrogen-bond acceptors (Lipinski definition) is 3. The van der Waals surface area contributed by atoms with Crippen LogP contribution in [-0.4, -0.2) is 56.0 Å². The van der Waals surface area contributed by atoms with Crippen LogP contribution >= 0.6 is 0 Å². The summed E-state index contributed by atoms with van der Waals surface area (Å²) in [5, 5.41) is 3.31. The number of guanidine groups is 1. The van der Waals surface area contributed by atoms with Gasteiger partial charge in [0.05, 0.1) is 10.5 Å². The van der Waals surface area contributed by atoms with Gasteiger partial charge in [-0.1, -0.05) is 23.8 Å². The Morgan fingerprint density at radius 2 is 2.04 bits per heavy atom. The minimum Gasteiger partial charge on any atom is -0.357 e. The average Bonchev–Trinajstić information content (AvgIpc) is 2.51. The van der Waals surface area contributed by atoms with E-state index in [4.69, 9.17) is 4.99 Å². The first kappa shape index (κ1) is 19.8. The highest BCUT2D eigenvalue weighted by molar-refractivity contribution is 7.92. The van der Waals surface area contributed by atoms with Crippen LogP contribution in [0.15, 0.2) is 23.2 Å². The lowest BCUT2D eigenvalue weighted by molar-refractivity contribution is 0.353. The molecule has 0 aromatic heterocycles. The topological polar surface area (TPSA) is 61.8 Å². The lowest BCUT2D eigenvalue weighted by Crippen LogP contribution is -2.57. The molecule has 2 rings (SSSR count). The Balaban J connectivity index is 2.08. The molecule has 0 aliphatic carbocycles. The normalized spacial score (nSPS) is 19.7. The Morgan fingerprint density at radius 1 is 1.32 bits per heavy atom. The first-order chi connectivity index (χ1) is 11.7. The van der Waals surface area contributed by atoms with Crippen molar-refractivity contribution >= 4 is 15.8 Å². The molecule has 0 saturated carbocycles. The van der Waals surface area contributed by atoms with E-state index in [0.29, 0.717) is 19.6 Å². The minimum atomic E-state index is -3.04. The van der Waals surface area contributed by atoms with Gasteiger partial charge in [-0.25, -0.2) is 8.42 Å². The molecule has 6 heteroatoms. The zero-order valence-corrected chi connectivity index (χ0v) is 16.9. The summed E-state index contributed by atoms with van der Waals surface area (Å²) in [7, 11) is -3.04. The molecule has 140 valence electrons. The van der Waals surface area contributed by atoms with E-state index in [1.807, 2.05) is 6.92 Å². The molecule has 1 aliphatic rings. The van der Waals surface area contributed by atoms with Crippen molar-refractivity contribution in [1.29, 1.82) is 0 Å². The van der Waals surface area contributed by atoms with Crippen molar-refractivity contribution in [2.24, 2.45) is 4.99 Å².